The first kappa shape index (κ1) is 18.7. The number of para-hydroxylation sites is 1. The largest absolute Gasteiger partial charge is 0.378 e. The van der Waals surface area contributed by atoms with Crippen LogP contribution in [0.3, 0.4) is 0 Å². The zero-order chi connectivity index (χ0) is 18.4. The van der Waals surface area contributed by atoms with Crippen LogP contribution in [0.5, 0.6) is 0 Å². The van der Waals surface area contributed by atoms with Crippen molar-refractivity contribution in [2.24, 2.45) is 4.99 Å². The average molecular weight is 374 g/mol. The summed E-state index contributed by atoms with van der Waals surface area (Å²) in [7, 11) is 1.80. The number of nitrogens with zero attached hydrogens (tertiary/aromatic N) is 3. The molecule has 6 nitrogen and oxygen atoms in total. The first-order valence-corrected chi connectivity index (χ1v) is 9.77. The van der Waals surface area contributed by atoms with Gasteiger partial charge in [-0.3, -0.25) is 4.99 Å². The molecule has 140 valence electrons. The van der Waals surface area contributed by atoms with Crippen LogP contribution in [0.25, 0.3) is 0 Å². The Kier molecular flexibility index (Phi) is 6.46. The van der Waals surface area contributed by atoms with E-state index < -0.39 is 0 Å². The second-order valence-electron chi connectivity index (χ2n) is 6.25. The number of aryl methyl sites for hydroxylation is 2. The van der Waals surface area contributed by atoms with Crippen molar-refractivity contribution in [1.82, 2.24) is 15.6 Å². The molecular formula is C19H27N5OS. The molecule has 1 aliphatic rings. The van der Waals surface area contributed by atoms with E-state index in [-0.39, 0.29) is 0 Å². The number of hydrogen-bond donors (Lipinski definition) is 2. The number of hydrogen-bond acceptors (Lipinski definition) is 5. The normalized spacial score (nSPS) is 15.2. The van der Waals surface area contributed by atoms with Gasteiger partial charge in [-0.25, -0.2) is 4.98 Å². The Bertz CT molecular complexity index is 752. The van der Waals surface area contributed by atoms with Crippen molar-refractivity contribution in [3.63, 3.8) is 0 Å². The average Bonchev–Trinajstić information content (AvgIpc) is 3.00. The summed E-state index contributed by atoms with van der Waals surface area (Å²) < 4.78 is 5.47. The zero-order valence-electron chi connectivity index (χ0n) is 15.7. The number of benzene rings is 1. The van der Waals surface area contributed by atoms with Gasteiger partial charge >= 0.3 is 0 Å². The van der Waals surface area contributed by atoms with Crippen molar-refractivity contribution in [3.05, 3.63) is 45.4 Å². The summed E-state index contributed by atoms with van der Waals surface area (Å²) in [5.41, 5.74) is 3.63. The molecule has 26 heavy (non-hydrogen) atoms. The summed E-state index contributed by atoms with van der Waals surface area (Å²) in [6.07, 6.45) is 0. The molecule has 0 unspecified atom stereocenters. The lowest BCUT2D eigenvalue weighted by Gasteiger charge is -2.30. The fourth-order valence-electron chi connectivity index (χ4n) is 3.07. The highest BCUT2D eigenvalue weighted by Crippen LogP contribution is 2.21. The molecule has 1 saturated heterocycles. The summed E-state index contributed by atoms with van der Waals surface area (Å²) in [6.45, 7) is 9.02. The molecule has 1 aromatic heterocycles. The van der Waals surface area contributed by atoms with Crippen molar-refractivity contribution in [1.29, 1.82) is 0 Å². The number of rotatable bonds is 5. The lowest BCUT2D eigenvalue weighted by molar-refractivity contribution is 0.122. The minimum Gasteiger partial charge on any atom is -0.378 e. The van der Waals surface area contributed by atoms with E-state index in [0.717, 1.165) is 56.1 Å². The van der Waals surface area contributed by atoms with Crippen molar-refractivity contribution in [2.45, 2.75) is 26.9 Å². The Balaban J connectivity index is 1.59. The Morgan fingerprint density at radius 2 is 1.92 bits per heavy atom. The van der Waals surface area contributed by atoms with Crippen molar-refractivity contribution >= 4 is 23.0 Å². The maximum Gasteiger partial charge on any atom is 0.191 e. The second-order valence-corrected chi connectivity index (χ2v) is 7.54. The lowest BCUT2D eigenvalue weighted by atomic mass is 10.1. The molecule has 0 atom stereocenters. The van der Waals surface area contributed by atoms with Crippen LogP contribution in [0.4, 0.5) is 5.69 Å². The molecule has 1 aromatic carbocycles. The molecule has 2 N–H and O–H groups in total. The van der Waals surface area contributed by atoms with E-state index in [9.17, 15) is 0 Å². The van der Waals surface area contributed by atoms with E-state index in [1.54, 1.807) is 18.4 Å². The van der Waals surface area contributed by atoms with Gasteiger partial charge in [0.15, 0.2) is 5.96 Å². The molecule has 1 aliphatic heterocycles. The molecule has 2 aromatic rings. The van der Waals surface area contributed by atoms with E-state index in [1.165, 1.54) is 16.1 Å². The standard InChI is InChI=1S/C19H27N5OS/c1-14-18(26-15(2)23-14)13-22-19(20-3)21-12-16-6-4-5-7-17(16)24-8-10-25-11-9-24/h4-7H,8-13H2,1-3H3,(H2,20,21,22). The van der Waals surface area contributed by atoms with Crippen LogP contribution in [0.2, 0.25) is 0 Å². The maximum atomic E-state index is 5.47. The number of thiazole rings is 1. The van der Waals surface area contributed by atoms with Crippen LogP contribution < -0.4 is 15.5 Å². The fourth-order valence-corrected chi connectivity index (χ4v) is 3.95. The van der Waals surface area contributed by atoms with E-state index >= 15 is 0 Å². The number of ether oxygens (including phenoxy) is 1. The minimum atomic E-state index is 0.730. The smallest absolute Gasteiger partial charge is 0.191 e. The van der Waals surface area contributed by atoms with E-state index in [4.69, 9.17) is 4.74 Å². The zero-order valence-corrected chi connectivity index (χ0v) is 16.5. The van der Waals surface area contributed by atoms with Gasteiger partial charge < -0.3 is 20.3 Å². The number of nitrogens with one attached hydrogen (secondary N) is 2. The van der Waals surface area contributed by atoms with Crippen LogP contribution in [-0.2, 0) is 17.8 Å². The topological polar surface area (TPSA) is 61.8 Å². The van der Waals surface area contributed by atoms with Gasteiger partial charge in [-0.2, -0.15) is 0 Å². The summed E-state index contributed by atoms with van der Waals surface area (Å²) in [4.78, 5) is 12.5. The fraction of sp³-hybridized carbons (Fsp3) is 0.474. The molecule has 3 rings (SSSR count). The first-order chi connectivity index (χ1) is 12.7. The predicted octanol–water partition coefficient (Wildman–Crippen LogP) is 2.46. The SMILES string of the molecule is CN=C(NCc1ccccc1N1CCOCC1)NCc1sc(C)nc1C. The monoisotopic (exact) mass is 373 g/mol. The van der Waals surface area contributed by atoms with Crippen LogP contribution in [0.15, 0.2) is 29.3 Å². The summed E-state index contributed by atoms with van der Waals surface area (Å²) >= 11 is 1.73. The number of morpholine rings is 1. The van der Waals surface area contributed by atoms with Crippen LogP contribution in [0.1, 0.15) is 21.1 Å². The lowest BCUT2D eigenvalue weighted by Crippen LogP contribution is -2.38. The van der Waals surface area contributed by atoms with Gasteiger partial charge in [-0.05, 0) is 25.5 Å². The van der Waals surface area contributed by atoms with Gasteiger partial charge in [-0.15, -0.1) is 11.3 Å². The van der Waals surface area contributed by atoms with Crippen LogP contribution in [-0.4, -0.2) is 44.3 Å². The summed E-state index contributed by atoms with van der Waals surface area (Å²) in [5.74, 6) is 0.798. The van der Waals surface area contributed by atoms with Crippen molar-refractivity contribution < 1.29 is 4.74 Å². The molecular weight excluding hydrogens is 346 g/mol. The third-order valence-electron chi connectivity index (χ3n) is 4.43. The molecule has 1 fully saturated rings. The third-order valence-corrected chi connectivity index (χ3v) is 5.50. The van der Waals surface area contributed by atoms with Gasteiger partial charge in [0.2, 0.25) is 0 Å². The van der Waals surface area contributed by atoms with Crippen LogP contribution in [0, 0.1) is 13.8 Å². The highest BCUT2D eigenvalue weighted by Gasteiger charge is 2.14. The molecule has 7 heteroatoms. The van der Waals surface area contributed by atoms with Gasteiger partial charge in [0.05, 0.1) is 30.5 Å². The van der Waals surface area contributed by atoms with Crippen LogP contribution >= 0.6 is 11.3 Å². The Morgan fingerprint density at radius 3 is 2.62 bits per heavy atom. The van der Waals surface area contributed by atoms with Gasteiger partial charge in [0.25, 0.3) is 0 Å². The van der Waals surface area contributed by atoms with E-state index in [2.05, 4.69) is 56.7 Å². The van der Waals surface area contributed by atoms with E-state index in [1.807, 2.05) is 6.92 Å². The molecule has 0 spiro atoms. The Morgan fingerprint density at radius 1 is 1.19 bits per heavy atom. The van der Waals surface area contributed by atoms with Gasteiger partial charge in [0, 0.05) is 37.2 Å². The molecule has 0 saturated carbocycles. The molecule has 0 radical (unpaired) electrons. The molecule has 2 heterocycles. The number of aliphatic imine (C=N–C) groups is 1. The first-order valence-electron chi connectivity index (χ1n) is 8.95. The number of anilines is 1. The Hall–Kier alpha value is -2.12. The Labute approximate surface area is 159 Å². The highest BCUT2D eigenvalue weighted by molar-refractivity contribution is 7.11. The molecule has 0 bridgehead atoms. The predicted molar refractivity (Wildman–Crippen MR) is 108 cm³/mol. The van der Waals surface area contributed by atoms with Crippen molar-refractivity contribution in [3.8, 4) is 0 Å². The second kappa shape index (κ2) is 9.00. The van der Waals surface area contributed by atoms with Crippen molar-refractivity contribution in [2.75, 3.05) is 38.3 Å². The number of aromatic nitrogens is 1. The maximum absolute atomic E-state index is 5.47. The molecule has 0 amide bonds. The number of guanidine groups is 1. The quantitative estimate of drug-likeness (QED) is 0.623. The van der Waals surface area contributed by atoms with Gasteiger partial charge in [0.1, 0.15) is 0 Å². The summed E-state index contributed by atoms with van der Waals surface area (Å²) in [6, 6.07) is 8.53. The minimum absolute atomic E-state index is 0.730. The summed E-state index contributed by atoms with van der Waals surface area (Å²) in [5, 5.41) is 7.91. The van der Waals surface area contributed by atoms with Gasteiger partial charge in [-0.1, -0.05) is 18.2 Å². The third kappa shape index (κ3) is 4.74. The van der Waals surface area contributed by atoms with E-state index in [0.29, 0.717) is 0 Å². The molecule has 0 aliphatic carbocycles. The highest BCUT2D eigenvalue weighted by atomic mass is 32.1.